The molecule has 1 heterocycles. The Bertz CT molecular complexity index is 1250. The average molecular weight is 466 g/mol. The van der Waals surface area contributed by atoms with E-state index in [0.717, 1.165) is 18.1 Å². The van der Waals surface area contributed by atoms with Gasteiger partial charge in [0, 0.05) is 11.3 Å². The molecule has 0 bridgehead atoms. The fourth-order valence-corrected chi connectivity index (χ4v) is 4.06. The Morgan fingerprint density at radius 2 is 1.73 bits per heavy atom. The third-order valence-corrected chi connectivity index (χ3v) is 5.98. The van der Waals surface area contributed by atoms with E-state index in [9.17, 15) is 19.1 Å². The molecular formula is C26H21ClFNO4. The molecule has 1 amide bonds. The number of ether oxygens (including phenoxy) is 1. The number of halogens is 2. The Balaban J connectivity index is 1.92. The quantitative estimate of drug-likeness (QED) is 0.299. The number of hydrogen-bond acceptors (Lipinski definition) is 4. The minimum atomic E-state index is -0.941. The molecule has 0 aromatic heterocycles. The van der Waals surface area contributed by atoms with Crippen LogP contribution >= 0.6 is 11.6 Å². The number of rotatable bonds is 5. The maximum Gasteiger partial charge on any atom is 0.300 e. The molecular weight excluding hydrogens is 445 g/mol. The lowest BCUT2D eigenvalue weighted by molar-refractivity contribution is -0.132. The molecule has 168 valence electrons. The van der Waals surface area contributed by atoms with Crippen LogP contribution < -0.4 is 9.64 Å². The standard InChI is InChI=1S/C26H21ClFNO4/c1-3-15-4-6-17(7-5-15)24(30)22-23(16-8-11-19(33-2)12-9-16)29(26(32)25(22)31)18-10-13-21(28)20(27)14-18/h4-14,23,30H,3H2,1-2H3/b24-22+. The Labute approximate surface area is 195 Å². The summed E-state index contributed by atoms with van der Waals surface area (Å²) in [5, 5.41) is 11.0. The summed E-state index contributed by atoms with van der Waals surface area (Å²) in [6.45, 7) is 2.01. The third-order valence-electron chi connectivity index (χ3n) is 5.69. The Hall–Kier alpha value is -3.64. The predicted octanol–water partition coefficient (Wildman–Crippen LogP) is 5.68. The Morgan fingerprint density at radius 3 is 2.30 bits per heavy atom. The number of benzene rings is 3. The van der Waals surface area contributed by atoms with Crippen LogP contribution in [0.5, 0.6) is 5.75 Å². The number of aliphatic hydroxyl groups is 1. The largest absolute Gasteiger partial charge is 0.507 e. The molecule has 0 spiro atoms. The summed E-state index contributed by atoms with van der Waals surface area (Å²) in [5.41, 5.74) is 2.24. The highest BCUT2D eigenvalue weighted by Gasteiger charge is 2.47. The number of hydrogen-bond donors (Lipinski definition) is 1. The van der Waals surface area contributed by atoms with Crippen LogP contribution in [0, 0.1) is 5.82 Å². The van der Waals surface area contributed by atoms with Gasteiger partial charge in [0.2, 0.25) is 0 Å². The topological polar surface area (TPSA) is 66.8 Å². The van der Waals surface area contributed by atoms with Gasteiger partial charge in [-0.1, -0.05) is 54.9 Å². The number of Topliss-reactive ketones (excluding diaryl/α,β-unsaturated/α-hetero) is 1. The number of aryl methyl sites for hydroxylation is 1. The van der Waals surface area contributed by atoms with Crippen LogP contribution in [0.1, 0.15) is 29.7 Å². The summed E-state index contributed by atoms with van der Waals surface area (Å²) < 4.78 is 19.0. The van der Waals surface area contributed by atoms with Crippen LogP contribution in [0.15, 0.2) is 72.3 Å². The predicted molar refractivity (Wildman–Crippen MR) is 125 cm³/mol. The van der Waals surface area contributed by atoms with Crippen molar-refractivity contribution in [3.63, 3.8) is 0 Å². The molecule has 7 heteroatoms. The van der Waals surface area contributed by atoms with Crippen LogP contribution in [0.3, 0.4) is 0 Å². The lowest BCUT2D eigenvalue weighted by Gasteiger charge is -2.25. The Kier molecular flexibility index (Phi) is 6.20. The van der Waals surface area contributed by atoms with E-state index < -0.39 is 23.5 Å². The molecule has 1 fully saturated rings. The summed E-state index contributed by atoms with van der Waals surface area (Å²) in [5.74, 6) is -2.02. The summed E-state index contributed by atoms with van der Waals surface area (Å²) in [6, 6.07) is 16.8. The first-order chi connectivity index (χ1) is 15.8. The van der Waals surface area contributed by atoms with E-state index >= 15 is 0 Å². The van der Waals surface area contributed by atoms with E-state index in [4.69, 9.17) is 16.3 Å². The number of aliphatic hydroxyl groups excluding tert-OH is 1. The van der Waals surface area contributed by atoms with Crippen LogP contribution in [-0.4, -0.2) is 23.9 Å². The van der Waals surface area contributed by atoms with Crippen molar-refractivity contribution in [1.29, 1.82) is 0 Å². The van der Waals surface area contributed by atoms with E-state index in [-0.39, 0.29) is 22.0 Å². The second-order valence-electron chi connectivity index (χ2n) is 7.59. The van der Waals surface area contributed by atoms with Crippen LogP contribution in [-0.2, 0) is 16.0 Å². The van der Waals surface area contributed by atoms with Gasteiger partial charge in [0.25, 0.3) is 11.7 Å². The molecule has 3 aromatic rings. The van der Waals surface area contributed by atoms with E-state index in [1.807, 2.05) is 19.1 Å². The van der Waals surface area contributed by atoms with Gasteiger partial charge in [-0.05, 0) is 47.9 Å². The molecule has 1 N–H and O–H groups in total. The van der Waals surface area contributed by atoms with E-state index in [1.165, 1.54) is 24.1 Å². The number of anilines is 1. The average Bonchev–Trinajstić information content (AvgIpc) is 3.11. The van der Waals surface area contributed by atoms with Gasteiger partial charge < -0.3 is 9.84 Å². The third kappa shape index (κ3) is 4.10. The Morgan fingerprint density at radius 1 is 1.06 bits per heavy atom. The van der Waals surface area contributed by atoms with Gasteiger partial charge in [0.1, 0.15) is 17.3 Å². The summed E-state index contributed by atoms with van der Waals surface area (Å²) >= 11 is 5.96. The number of carbonyl (C=O) groups is 2. The van der Waals surface area contributed by atoms with Crippen molar-refractivity contribution >= 4 is 34.7 Å². The molecule has 1 unspecified atom stereocenters. The fourth-order valence-electron chi connectivity index (χ4n) is 3.89. The van der Waals surface area contributed by atoms with E-state index in [2.05, 4.69) is 0 Å². The summed E-state index contributed by atoms with van der Waals surface area (Å²) in [4.78, 5) is 27.5. The van der Waals surface area contributed by atoms with E-state index in [1.54, 1.807) is 36.4 Å². The normalized spacial score (nSPS) is 17.5. The van der Waals surface area contributed by atoms with Gasteiger partial charge in [0.05, 0.1) is 23.7 Å². The van der Waals surface area contributed by atoms with Gasteiger partial charge in [-0.3, -0.25) is 14.5 Å². The fraction of sp³-hybridized carbons (Fsp3) is 0.154. The number of amides is 1. The van der Waals surface area contributed by atoms with Crippen molar-refractivity contribution < 1.29 is 23.8 Å². The number of ketones is 1. The smallest absolute Gasteiger partial charge is 0.300 e. The number of nitrogens with zero attached hydrogens (tertiary/aromatic N) is 1. The van der Waals surface area contributed by atoms with Crippen LogP contribution in [0.25, 0.3) is 5.76 Å². The second-order valence-corrected chi connectivity index (χ2v) is 8.00. The zero-order valence-corrected chi connectivity index (χ0v) is 18.8. The van der Waals surface area contributed by atoms with Crippen molar-refractivity contribution in [2.24, 2.45) is 0 Å². The molecule has 3 aromatic carbocycles. The molecule has 0 saturated carbocycles. The van der Waals surface area contributed by atoms with Crippen LogP contribution in [0.2, 0.25) is 5.02 Å². The van der Waals surface area contributed by atoms with Crippen molar-refractivity contribution in [2.75, 3.05) is 12.0 Å². The number of methoxy groups -OCH3 is 1. The monoisotopic (exact) mass is 465 g/mol. The molecule has 1 aliphatic rings. The van der Waals surface area contributed by atoms with Crippen molar-refractivity contribution in [3.8, 4) is 5.75 Å². The highest BCUT2D eigenvalue weighted by Crippen LogP contribution is 2.43. The lowest BCUT2D eigenvalue weighted by Crippen LogP contribution is -2.29. The van der Waals surface area contributed by atoms with Gasteiger partial charge in [0.15, 0.2) is 0 Å². The molecule has 1 aliphatic heterocycles. The summed E-state index contributed by atoms with van der Waals surface area (Å²) in [7, 11) is 1.53. The van der Waals surface area contributed by atoms with Crippen LogP contribution in [0.4, 0.5) is 10.1 Å². The first kappa shape index (κ1) is 22.6. The molecule has 5 nitrogen and oxygen atoms in total. The SMILES string of the molecule is CCc1ccc(/C(O)=C2\C(=O)C(=O)N(c3ccc(F)c(Cl)c3)C2c2ccc(OC)cc2)cc1. The van der Waals surface area contributed by atoms with Crippen molar-refractivity contribution in [1.82, 2.24) is 0 Å². The molecule has 1 saturated heterocycles. The molecule has 0 radical (unpaired) electrons. The molecule has 4 rings (SSSR count). The molecule has 1 atom stereocenters. The second kappa shape index (κ2) is 9.08. The van der Waals surface area contributed by atoms with Gasteiger partial charge in [-0.15, -0.1) is 0 Å². The van der Waals surface area contributed by atoms with Crippen molar-refractivity contribution in [2.45, 2.75) is 19.4 Å². The van der Waals surface area contributed by atoms with Gasteiger partial charge >= 0.3 is 0 Å². The first-order valence-corrected chi connectivity index (χ1v) is 10.7. The maximum atomic E-state index is 13.8. The lowest BCUT2D eigenvalue weighted by atomic mass is 9.94. The zero-order chi connectivity index (χ0) is 23.7. The van der Waals surface area contributed by atoms with Gasteiger partial charge in [-0.2, -0.15) is 0 Å². The minimum absolute atomic E-state index is 0.0603. The molecule has 0 aliphatic carbocycles. The molecule has 33 heavy (non-hydrogen) atoms. The first-order valence-electron chi connectivity index (χ1n) is 10.3. The highest BCUT2D eigenvalue weighted by molar-refractivity contribution is 6.51. The van der Waals surface area contributed by atoms with Crippen molar-refractivity contribution in [3.05, 3.63) is 99.8 Å². The van der Waals surface area contributed by atoms with Gasteiger partial charge in [-0.25, -0.2) is 4.39 Å². The number of carbonyl (C=O) groups excluding carboxylic acids is 2. The summed E-state index contributed by atoms with van der Waals surface area (Å²) in [6.07, 6.45) is 0.822. The minimum Gasteiger partial charge on any atom is -0.507 e. The highest BCUT2D eigenvalue weighted by atomic mass is 35.5. The zero-order valence-electron chi connectivity index (χ0n) is 18.0. The van der Waals surface area contributed by atoms with E-state index in [0.29, 0.717) is 16.9 Å². The maximum absolute atomic E-state index is 13.8.